The zero-order chi connectivity index (χ0) is 19.8. The van der Waals surface area contributed by atoms with Crippen LogP contribution in [-0.4, -0.2) is 28.9 Å². The predicted molar refractivity (Wildman–Crippen MR) is 97.3 cm³/mol. The number of ether oxygens (including phenoxy) is 1. The highest BCUT2D eigenvalue weighted by atomic mass is 16.6. The molecule has 1 atom stereocenters. The second kappa shape index (κ2) is 6.71. The van der Waals surface area contributed by atoms with Crippen LogP contribution in [0.3, 0.4) is 0 Å². The standard InChI is InChI=1S/C19H19N3O5/c1-12-10-14(6-9-16(12)27-3)19(2)17(23)21(18(24)20-19)11-13-4-7-15(8-5-13)22(25)26/h4-10H,11H2,1-3H3,(H,20,24). The van der Waals surface area contributed by atoms with Gasteiger partial charge in [0.2, 0.25) is 0 Å². The molecule has 0 spiro atoms. The maximum Gasteiger partial charge on any atom is 0.325 e. The number of nitro groups is 1. The van der Waals surface area contributed by atoms with Crippen molar-refractivity contribution in [1.29, 1.82) is 0 Å². The fraction of sp³-hybridized carbons (Fsp3) is 0.263. The van der Waals surface area contributed by atoms with Crippen LogP contribution in [0.5, 0.6) is 5.75 Å². The number of non-ortho nitro benzene ring substituents is 1. The molecule has 0 bridgehead atoms. The summed E-state index contributed by atoms with van der Waals surface area (Å²) in [6.45, 7) is 3.55. The molecular formula is C19H19N3O5. The van der Waals surface area contributed by atoms with Gasteiger partial charge in [-0.2, -0.15) is 0 Å². The van der Waals surface area contributed by atoms with E-state index in [2.05, 4.69) is 5.32 Å². The van der Waals surface area contributed by atoms with Gasteiger partial charge in [0, 0.05) is 12.1 Å². The molecule has 3 rings (SSSR count). The van der Waals surface area contributed by atoms with Crippen molar-refractivity contribution in [2.24, 2.45) is 0 Å². The van der Waals surface area contributed by atoms with Gasteiger partial charge in [0.1, 0.15) is 11.3 Å². The number of methoxy groups -OCH3 is 1. The van der Waals surface area contributed by atoms with Gasteiger partial charge in [-0.25, -0.2) is 4.79 Å². The first-order valence-electron chi connectivity index (χ1n) is 8.29. The Morgan fingerprint density at radius 1 is 1.19 bits per heavy atom. The molecule has 140 valence electrons. The Morgan fingerprint density at radius 2 is 1.85 bits per heavy atom. The normalized spacial score (nSPS) is 19.1. The largest absolute Gasteiger partial charge is 0.496 e. The first kappa shape index (κ1) is 18.4. The van der Waals surface area contributed by atoms with Gasteiger partial charge in [0.15, 0.2) is 0 Å². The molecule has 0 aliphatic carbocycles. The molecule has 1 fully saturated rings. The second-order valence-corrected chi connectivity index (χ2v) is 6.55. The average molecular weight is 369 g/mol. The average Bonchev–Trinajstić information content (AvgIpc) is 2.86. The molecular weight excluding hydrogens is 350 g/mol. The molecule has 0 saturated carbocycles. The van der Waals surface area contributed by atoms with Crippen molar-refractivity contribution in [3.63, 3.8) is 0 Å². The second-order valence-electron chi connectivity index (χ2n) is 6.55. The molecule has 8 nitrogen and oxygen atoms in total. The van der Waals surface area contributed by atoms with Crippen molar-refractivity contribution >= 4 is 17.6 Å². The summed E-state index contributed by atoms with van der Waals surface area (Å²) >= 11 is 0. The number of imide groups is 1. The summed E-state index contributed by atoms with van der Waals surface area (Å²) in [4.78, 5) is 36.8. The summed E-state index contributed by atoms with van der Waals surface area (Å²) in [5.74, 6) is 0.317. The van der Waals surface area contributed by atoms with Crippen molar-refractivity contribution in [1.82, 2.24) is 10.2 Å². The van der Waals surface area contributed by atoms with Crippen LogP contribution in [0.15, 0.2) is 42.5 Å². The molecule has 1 N–H and O–H groups in total. The summed E-state index contributed by atoms with van der Waals surface area (Å²) in [5, 5.41) is 13.5. The van der Waals surface area contributed by atoms with Gasteiger partial charge in [-0.05, 0) is 42.7 Å². The number of amides is 3. The third kappa shape index (κ3) is 3.21. The molecule has 27 heavy (non-hydrogen) atoms. The number of hydrogen-bond acceptors (Lipinski definition) is 5. The van der Waals surface area contributed by atoms with Gasteiger partial charge < -0.3 is 10.1 Å². The fourth-order valence-corrected chi connectivity index (χ4v) is 3.13. The highest BCUT2D eigenvalue weighted by Gasteiger charge is 2.49. The third-order valence-corrected chi connectivity index (χ3v) is 4.74. The van der Waals surface area contributed by atoms with E-state index < -0.39 is 16.5 Å². The van der Waals surface area contributed by atoms with Crippen LogP contribution in [-0.2, 0) is 16.9 Å². The van der Waals surface area contributed by atoms with Crippen LogP contribution < -0.4 is 10.1 Å². The Morgan fingerprint density at radius 3 is 2.41 bits per heavy atom. The molecule has 1 saturated heterocycles. The van der Waals surface area contributed by atoms with E-state index in [4.69, 9.17) is 4.74 Å². The minimum atomic E-state index is -1.19. The van der Waals surface area contributed by atoms with E-state index in [1.807, 2.05) is 13.0 Å². The predicted octanol–water partition coefficient (Wildman–Crippen LogP) is 2.88. The molecule has 2 aromatic rings. The SMILES string of the molecule is COc1ccc(C2(C)NC(=O)N(Cc3ccc([N+](=O)[O-])cc3)C2=O)cc1C. The van der Waals surface area contributed by atoms with E-state index in [9.17, 15) is 19.7 Å². The lowest BCUT2D eigenvalue weighted by Crippen LogP contribution is -2.40. The molecule has 8 heteroatoms. The third-order valence-electron chi connectivity index (χ3n) is 4.74. The molecule has 1 aliphatic heterocycles. The molecule has 2 aromatic carbocycles. The Kier molecular flexibility index (Phi) is 4.57. The van der Waals surface area contributed by atoms with E-state index in [1.54, 1.807) is 26.2 Å². The first-order valence-corrected chi connectivity index (χ1v) is 8.29. The Bertz CT molecular complexity index is 925. The Labute approximate surface area is 155 Å². The van der Waals surface area contributed by atoms with Gasteiger partial charge in [0.25, 0.3) is 11.6 Å². The van der Waals surface area contributed by atoms with Crippen LogP contribution in [0.1, 0.15) is 23.6 Å². The van der Waals surface area contributed by atoms with E-state index >= 15 is 0 Å². The Balaban J connectivity index is 1.85. The molecule has 1 unspecified atom stereocenters. The van der Waals surface area contributed by atoms with Crippen molar-refractivity contribution in [2.45, 2.75) is 25.9 Å². The van der Waals surface area contributed by atoms with E-state index in [0.29, 0.717) is 16.9 Å². The van der Waals surface area contributed by atoms with Crippen LogP contribution in [0.4, 0.5) is 10.5 Å². The summed E-state index contributed by atoms with van der Waals surface area (Å²) < 4.78 is 5.24. The van der Waals surface area contributed by atoms with Crippen molar-refractivity contribution in [3.8, 4) is 5.75 Å². The lowest BCUT2D eigenvalue weighted by atomic mass is 9.90. The molecule has 0 radical (unpaired) electrons. The van der Waals surface area contributed by atoms with Gasteiger partial charge in [-0.1, -0.05) is 18.2 Å². The number of aryl methyl sites for hydroxylation is 1. The van der Waals surface area contributed by atoms with Gasteiger partial charge in [-0.15, -0.1) is 0 Å². The summed E-state index contributed by atoms with van der Waals surface area (Å²) in [6, 6.07) is 10.6. The van der Waals surface area contributed by atoms with Gasteiger partial charge in [0.05, 0.1) is 18.6 Å². The quantitative estimate of drug-likeness (QED) is 0.496. The number of carbonyl (C=O) groups is 2. The number of nitrogens with one attached hydrogen (secondary N) is 1. The van der Waals surface area contributed by atoms with Crippen LogP contribution in [0.25, 0.3) is 0 Å². The van der Waals surface area contributed by atoms with E-state index in [1.165, 1.54) is 24.3 Å². The minimum absolute atomic E-state index is 0.0351. The number of rotatable bonds is 5. The van der Waals surface area contributed by atoms with E-state index in [-0.39, 0.29) is 18.1 Å². The van der Waals surface area contributed by atoms with Crippen LogP contribution in [0, 0.1) is 17.0 Å². The van der Waals surface area contributed by atoms with Gasteiger partial charge >= 0.3 is 6.03 Å². The molecule has 1 heterocycles. The number of nitro benzene ring substituents is 1. The lowest BCUT2D eigenvalue weighted by molar-refractivity contribution is -0.384. The van der Waals surface area contributed by atoms with Crippen molar-refractivity contribution in [2.75, 3.05) is 7.11 Å². The number of nitrogens with zero attached hydrogens (tertiary/aromatic N) is 2. The number of benzene rings is 2. The summed E-state index contributed by atoms with van der Waals surface area (Å²) in [7, 11) is 1.57. The van der Waals surface area contributed by atoms with Crippen LogP contribution in [0.2, 0.25) is 0 Å². The minimum Gasteiger partial charge on any atom is -0.496 e. The smallest absolute Gasteiger partial charge is 0.325 e. The number of urea groups is 1. The topological polar surface area (TPSA) is 102 Å². The highest BCUT2D eigenvalue weighted by Crippen LogP contribution is 2.32. The van der Waals surface area contributed by atoms with E-state index in [0.717, 1.165) is 10.5 Å². The van der Waals surface area contributed by atoms with Crippen LogP contribution >= 0.6 is 0 Å². The number of hydrogen-bond donors (Lipinski definition) is 1. The molecule has 0 aromatic heterocycles. The zero-order valence-electron chi connectivity index (χ0n) is 15.2. The van der Waals surface area contributed by atoms with Crippen molar-refractivity contribution in [3.05, 3.63) is 69.3 Å². The molecule has 3 amide bonds. The Hall–Kier alpha value is -3.42. The first-order chi connectivity index (χ1) is 12.8. The highest BCUT2D eigenvalue weighted by molar-refractivity contribution is 6.07. The zero-order valence-corrected chi connectivity index (χ0v) is 15.2. The van der Waals surface area contributed by atoms with Gasteiger partial charge in [-0.3, -0.25) is 19.8 Å². The number of carbonyl (C=O) groups excluding carboxylic acids is 2. The maximum absolute atomic E-state index is 13.0. The monoisotopic (exact) mass is 369 g/mol. The molecule has 1 aliphatic rings. The maximum atomic E-state index is 13.0. The lowest BCUT2D eigenvalue weighted by Gasteiger charge is -2.23. The fourth-order valence-electron chi connectivity index (χ4n) is 3.13. The summed E-state index contributed by atoms with van der Waals surface area (Å²) in [6.07, 6.45) is 0. The van der Waals surface area contributed by atoms with Crippen molar-refractivity contribution < 1.29 is 19.2 Å². The summed E-state index contributed by atoms with van der Waals surface area (Å²) in [5.41, 5.74) is 0.903.